The minimum atomic E-state index is -0.912. The topological polar surface area (TPSA) is 77.3 Å². The van der Waals surface area contributed by atoms with Crippen molar-refractivity contribution in [1.82, 2.24) is 0 Å². The highest BCUT2D eigenvalue weighted by Crippen LogP contribution is 2.48. The van der Waals surface area contributed by atoms with E-state index in [0.717, 1.165) is 11.5 Å². The summed E-state index contributed by atoms with van der Waals surface area (Å²) in [7, 11) is 0. The van der Waals surface area contributed by atoms with Crippen LogP contribution in [0.2, 0.25) is 0 Å². The Balaban J connectivity index is 1.49. The SMILES string of the molecule is CCOC(=O)/N=N\C(=O)OCc1ccc(C2CC3C=C[C@@H]2C3)cc1. The molecule has 1 fully saturated rings. The first-order chi connectivity index (χ1) is 11.7. The molecule has 1 aromatic rings. The van der Waals surface area contributed by atoms with Crippen LogP contribution in [0.25, 0.3) is 0 Å². The van der Waals surface area contributed by atoms with E-state index in [1.807, 2.05) is 12.1 Å². The van der Waals surface area contributed by atoms with Crippen molar-refractivity contribution in [2.24, 2.45) is 22.1 Å². The predicted octanol–water partition coefficient (Wildman–Crippen LogP) is 4.61. The largest absolute Gasteiger partial charge is 0.452 e. The number of benzene rings is 1. The number of azo groups is 1. The van der Waals surface area contributed by atoms with E-state index >= 15 is 0 Å². The van der Waals surface area contributed by atoms with Gasteiger partial charge >= 0.3 is 12.2 Å². The fraction of sp³-hybridized carbons (Fsp3) is 0.444. The zero-order valence-electron chi connectivity index (χ0n) is 13.6. The molecule has 2 aliphatic carbocycles. The van der Waals surface area contributed by atoms with Crippen LogP contribution in [-0.4, -0.2) is 18.8 Å². The highest BCUT2D eigenvalue weighted by atomic mass is 16.6. The van der Waals surface area contributed by atoms with Crippen molar-refractivity contribution in [3.8, 4) is 0 Å². The molecule has 0 spiro atoms. The van der Waals surface area contributed by atoms with Crippen LogP contribution in [0.5, 0.6) is 0 Å². The molecular weight excluding hydrogens is 308 g/mol. The quantitative estimate of drug-likeness (QED) is 0.597. The Labute approximate surface area is 140 Å². The summed E-state index contributed by atoms with van der Waals surface area (Å²) in [5.74, 6) is 2.02. The molecule has 0 N–H and O–H groups in total. The number of carbonyl (C=O) groups excluding carboxylic acids is 2. The van der Waals surface area contributed by atoms with E-state index in [2.05, 4.69) is 39.3 Å². The van der Waals surface area contributed by atoms with E-state index < -0.39 is 12.2 Å². The zero-order valence-corrected chi connectivity index (χ0v) is 13.6. The molecule has 1 aromatic carbocycles. The fourth-order valence-corrected chi connectivity index (χ4v) is 3.43. The summed E-state index contributed by atoms with van der Waals surface area (Å²) in [5.41, 5.74) is 2.21. The Bertz CT molecular complexity index is 666. The number of carbonyl (C=O) groups is 2. The minimum Gasteiger partial charge on any atom is -0.447 e. The van der Waals surface area contributed by atoms with Crippen LogP contribution in [0, 0.1) is 11.8 Å². The molecular formula is C18H20N2O4. The van der Waals surface area contributed by atoms with Crippen molar-refractivity contribution in [1.29, 1.82) is 0 Å². The summed E-state index contributed by atoms with van der Waals surface area (Å²) in [6.07, 6.45) is 5.35. The molecule has 0 aliphatic heterocycles. The Hall–Kier alpha value is -2.50. The highest BCUT2D eigenvalue weighted by molar-refractivity contribution is 5.73. The Morgan fingerprint density at radius 2 is 1.75 bits per heavy atom. The molecule has 1 saturated carbocycles. The van der Waals surface area contributed by atoms with Crippen molar-refractivity contribution >= 4 is 12.2 Å². The molecule has 24 heavy (non-hydrogen) atoms. The zero-order chi connectivity index (χ0) is 16.9. The molecule has 2 bridgehead atoms. The number of hydrogen-bond acceptors (Lipinski definition) is 4. The van der Waals surface area contributed by atoms with E-state index in [1.165, 1.54) is 18.4 Å². The summed E-state index contributed by atoms with van der Waals surface area (Å²) >= 11 is 0. The van der Waals surface area contributed by atoms with Crippen LogP contribution < -0.4 is 0 Å². The van der Waals surface area contributed by atoms with E-state index in [9.17, 15) is 9.59 Å². The monoisotopic (exact) mass is 328 g/mol. The summed E-state index contributed by atoms with van der Waals surface area (Å²) in [6, 6.07) is 8.12. The number of ether oxygens (including phenoxy) is 2. The van der Waals surface area contributed by atoms with Crippen LogP contribution in [-0.2, 0) is 16.1 Å². The molecule has 2 aliphatic rings. The normalized spacial score (nSPS) is 24.5. The smallest absolute Gasteiger partial charge is 0.447 e. The molecule has 3 atom stereocenters. The van der Waals surface area contributed by atoms with Crippen molar-refractivity contribution in [3.05, 3.63) is 47.5 Å². The molecule has 0 aromatic heterocycles. The molecule has 2 unspecified atom stereocenters. The Kier molecular flexibility index (Phi) is 5.03. The highest BCUT2D eigenvalue weighted by Gasteiger charge is 2.36. The molecule has 0 saturated heterocycles. The van der Waals surface area contributed by atoms with Crippen LogP contribution in [0.3, 0.4) is 0 Å². The fourth-order valence-electron chi connectivity index (χ4n) is 3.43. The van der Waals surface area contributed by atoms with Crippen LogP contribution in [0.1, 0.15) is 36.8 Å². The lowest BCUT2D eigenvalue weighted by Crippen LogP contribution is -2.05. The Morgan fingerprint density at radius 1 is 1.04 bits per heavy atom. The summed E-state index contributed by atoms with van der Waals surface area (Å²) in [6.45, 7) is 1.91. The van der Waals surface area contributed by atoms with Gasteiger partial charge in [-0.2, -0.15) is 0 Å². The van der Waals surface area contributed by atoms with Gasteiger partial charge in [-0.3, -0.25) is 0 Å². The standard InChI is InChI=1S/C18H20N2O4/c1-2-23-17(21)19-20-18(22)24-11-12-3-6-14(7-4-12)16-10-13-5-8-15(16)9-13/h3-8,13,15-16H,2,9-11H2,1H3/b20-19-/t13?,15-,16?/m1/s1. The lowest BCUT2D eigenvalue weighted by Gasteiger charge is -2.18. The number of hydrogen-bond donors (Lipinski definition) is 0. The number of allylic oxidation sites excluding steroid dienone is 2. The average molecular weight is 328 g/mol. The van der Waals surface area contributed by atoms with Crippen molar-refractivity contribution in [3.63, 3.8) is 0 Å². The molecule has 6 nitrogen and oxygen atoms in total. The number of fused-ring (bicyclic) bond motifs is 2. The van der Waals surface area contributed by atoms with Crippen molar-refractivity contribution < 1.29 is 19.1 Å². The van der Waals surface area contributed by atoms with E-state index in [4.69, 9.17) is 4.74 Å². The minimum absolute atomic E-state index is 0.0948. The average Bonchev–Trinajstić information content (AvgIpc) is 3.22. The van der Waals surface area contributed by atoms with Gasteiger partial charge in [-0.1, -0.05) is 46.6 Å². The number of nitrogens with zero attached hydrogens (tertiary/aromatic N) is 2. The third-order valence-electron chi connectivity index (χ3n) is 4.53. The number of amides is 2. The second-order valence-electron chi connectivity index (χ2n) is 6.08. The van der Waals surface area contributed by atoms with Gasteiger partial charge in [-0.05, 0) is 48.6 Å². The Morgan fingerprint density at radius 3 is 2.33 bits per heavy atom. The predicted molar refractivity (Wildman–Crippen MR) is 86.6 cm³/mol. The second-order valence-corrected chi connectivity index (χ2v) is 6.08. The van der Waals surface area contributed by atoms with Crippen molar-refractivity contribution in [2.75, 3.05) is 6.61 Å². The second kappa shape index (κ2) is 7.38. The first kappa shape index (κ1) is 16.4. The van der Waals surface area contributed by atoms with E-state index in [1.54, 1.807) is 6.92 Å². The molecule has 0 radical (unpaired) electrons. The maximum Gasteiger partial charge on any atom is 0.452 e. The van der Waals surface area contributed by atoms with E-state index in [-0.39, 0.29) is 13.2 Å². The maximum atomic E-state index is 11.4. The molecule has 3 rings (SSSR count). The van der Waals surface area contributed by atoms with Gasteiger partial charge in [-0.15, -0.1) is 0 Å². The van der Waals surface area contributed by atoms with Crippen LogP contribution in [0.15, 0.2) is 46.6 Å². The molecule has 0 heterocycles. The third-order valence-corrected chi connectivity index (χ3v) is 4.53. The van der Waals surface area contributed by atoms with Gasteiger partial charge < -0.3 is 9.47 Å². The van der Waals surface area contributed by atoms with Gasteiger partial charge in [0.25, 0.3) is 0 Å². The summed E-state index contributed by atoms with van der Waals surface area (Å²) in [4.78, 5) is 22.3. The van der Waals surface area contributed by atoms with Gasteiger partial charge in [0, 0.05) is 0 Å². The number of rotatable bonds is 4. The lowest BCUT2D eigenvalue weighted by molar-refractivity contribution is 0.144. The lowest BCUT2D eigenvalue weighted by atomic mass is 9.86. The van der Waals surface area contributed by atoms with E-state index in [0.29, 0.717) is 11.8 Å². The summed E-state index contributed by atoms with van der Waals surface area (Å²) < 4.78 is 9.48. The first-order valence-corrected chi connectivity index (χ1v) is 8.18. The van der Waals surface area contributed by atoms with Gasteiger partial charge in [-0.25, -0.2) is 9.59 Å². The van der Waals surface area contributed by atoms with Crippen LogP contribution in [0.4, 0.5) is 9.59 Å². The van der Waals surface area contributed by atoms with Gasteiger partial charge in [0.15, 0.2) is 0 Å². The van der Waals surface area contributed by atoms with Gasteiger partial charge in [0.2, 0.25) is 0 Å². The molecule has 2 amide bonds. The van der Waals surface area contributed by atoms with Gasteiger partial charge in [0.1, 0.15) is 6.61 Å². The van der Waals surface area contributed by atoms with Crippen LogP contribution >= 0.6 is 0 Å². The molecule has 6 heteroatoms. The molecule has 126 valence electrons. The maximum absolute atomic E-state index is 11.4. The third kappa shape index (κ3) is 3.88. The van der Waals surface area contributed by atoms with Gasteiger partial charge in [0.05, 0.1) is 6.61 Å². The summed E-state index contributed by atoms with van der Waals surface area (Å²) in [5, 5.41) is 6.24. The van der Waals surface area contributed by atoms with Crippen molar-refractivity contribution in [2.45, 2.75) is 32.3 Å². The first-order valence-electron chi connectivity index (χ1n) is 8.18.